The van der Waals surface area contributed by atoms with E-state index in [0.717, 1.165) is 12.8 Å². The SMILES string of the molecule is CC(C)NS(=O)(=O)N(CCC(N)=NO)C1CC1. The molecule has 0 spiro atoms. The van der Waals surface area contributed by atoms with Crippen LogP contribution in [0.15, 0.2) is 5.16 Å². The molecule has 1 saturated carbocycles. The van der Waals surface area contributed by atoms with Gasteiger partial charge in [-0.15, -0.1) is 0 Å². The van der Waals surface area contributed by atoms with E-state index in [1.54, 1.807) is 13.8 Å². The molecule has 1 rings (SSSR count). The minimum absolute atomic E-state index is 0.0374. The zero-order valence-electron chi connectivity index (χ0n) is 10.1. The zero-order chi connectivity index (χ0) is 13.1. The topological polar surface area (TPSA) is 108 Å². The molecule has 0 unspecified atom stereocenters. The second kappa shape index (κ2) is 5.65. The molecule has 0 bridgehead atoms. The number of hydrogen-bond acceptors (Lipinski definition) is 4. The molecule has 0 aromatic carbocycles. The maximum absolute atomic E-state index is 12.0. The highest BCUT2D eigenvalue weighted by atomic mass is 32.2. The van der Waals surface area contributed by atoms with E-state index < -0.39 is 10.2 Å². The van der Waals surface area contributed by atoms with Crippen LogP contribution in [-0.4, -0.2) is 42.4 Å². The third-order valence-electron chi connectivity index (χ3n) is 2.36. The van der Waals surface area contributed by atoms with E-state index in [1.165, 1.54) is 4.31 Å². The zero-order valence-corrected chi connectivity index (χ0v) is 10.9. The molecular weight excluding hydrogens is 244 g/mol. The number of rotatable bonds is 7. The van der Waals surface area contributed by atoms with Crippen molar-refractivity contribution in [2.45, 2.75) is 45.2 Å². The van der Waals surface area contributed by atoms with Crippen LogP contribution < -0.4 is 10.5 Å². The molecule has 1 aliphatic rings. The Kier molecular flexibility index (Phi) is 4.72. The number of nitrogens with zero attached hydrogens (tertiary/aromatic N) is 2. The molecule has 100 valence electrons. The molecule has 7 nitrogen and oxygen atoms in total. The maximum Gasteiger partial charge on any atom is 0.279 e. The Morgan fingerprint density at radius 2 is 2.18 bits per heavy atom. The van der Waals surface area contributed by atoms with Crippen LogP contribution in [0, 0.1) is 0 Å². The van der Waals surface area contributed by atoms with Gasteiger partial charge in [-0.05, 0) is 26.7 Å². The molecular formula is C9H20N4O3S. The van der Waals surface area contributed by atoms with Gasteiger partial charge in [-0.25, -0.2) is 0 Å². The summed E-state index contributed by atoms with van der Waals surface area (Å²) in [5.74, 6) is 0.0374. The van der Waals surface area contributed by atoms with Gasteiger partial charge in [0.15, 0.2) is 0 Å². The van der Waals surface area contributed by atoms with Gasteiger partial charge in [0.05, 0.1) is 0 Å². The van der Waals surface area contributed by atoms with E-state index in [2.05, 4.69) is 9.88 Å². The first kappa shape index (κ1) is 14.2. The number of amidine groups is 1. The normalized spacial score (nSPS) is 18.0. The second-order valence-electron chi connectivity index (χ2n) is 4.46. The first-order valence-electron chi connectivity index (χ1n) is 5.62. The molecule has 17 heavy (non-hydrogen) atoms. The lowest BCUT2D eigenvalue weighted by atomic mass is 10.4. The Labute approximate surface area is 102 Å². The van der Waals surface area contributed by atoms with Crippen LogP contribution in [0.4, 0.5) is 0 Å². The van der Waals surface area contributed by atoms with Crippen LogP contribution in [0.1, 0.15) is 33.1 Å². The van der Waals surface area contributed by atoms with Crippen molar-refractivity contribution in [2.24, 2.45) is 10.9 Å². The van der Waals surface area contributed by atoms with Crippen molar-refractivity contribution in [2.75, 3.05) is 6.54 Å². The Morgan fingerprint density at radius 3 is 2.59 bits per heavy atom. The highest BCUT2D eigenvalue weighted by molar-refractivity contribution is 7.87. The number of nitrogens with two attached hydrogens (primary N) is 1. The molecule has 0 aliphatic heterocycles. The summed E-state index contributed by atoms with van der Waals surface area (Å²) in [5.41, 5.74) is 5.34. The molecule has 0 aromatic rings. The van der Waals surface area contributed by atoms with Crippen molar-refractivity contribution in [1.82, 2.24) is 9.03 Å². The van der Waals surface area contributed by atoms with E-state index in [1.807, 2.05) is 0 Å². The fraction of sp³-hybridized carbons (Fsp3) is 0.889. The second-order valence-corrected chi connectivity index (χ2v) is 6.12. The smallest absolute Gasteiger partial charge is 0.279 e. The summed E-state index contributed by atoms with van der Waals surface area (Å²) in [7, 11) is -3.47. The Bertz CT molecular complexity index is 376. The van der Waals surface area contributed by atoms with Gasteiger partial charge >= 0.3 is 0 Å². The molecule has 0 radical (unpaired) electrons. The van der Waals surface area contributed by atoms with Gasteiger partial charge < -0.3 is 10.9 Å². The highest BCUT2D eigenvalue weighted by Crippen LogP contribution is 2.28. The molecule has 1 fully saturated rings. The van der Waals surface area contributed by atoms with Gasteiger partial charge in [0.1, 0.15) is 5.84 Å². The van der Waals surface area contributed by atoms with Crippen LogP contribution in [0.25, 0.3) is 0 Å². The van der Waals surface area contributed by atoms with E-state index >= 15 is 0 Å². The molecule has 0 saturated heterocycles. The van der Waals surface area contributed by atoms with Crippen LogP contribution in [0.5, 0.6) is 0 Å². The minimum Gasteiger partial charge on any atom is -0.409 e. The van der Waals surface area contributed by atoms with E-state index in [4.69, 9.17) is 10.9 Å². The first-order valence-corrected chi connectivity index (χ1v) is 7.06. The molecule has 0 aromatic heterocycles. The first-order chi connectivity index (χ1) is 7.86. The van der Waals surface area contributed by atoms with Crippen molar-refractivity contribution in [3.8, 4) is 0 Å². The lowest BCUT2D eigenvalue weighted by Crippen LogP contribution is -2.45. The van der Waals surface area contributed by atoms with Gasteiger partial charge in [0.25, 0.3) is 10.2 Å². The quantitative estimate of drug-likeness (QED) is 0.257. The van der Waals surface area contributed by atoms with E-state index in [9.17, 15) is 8.42 Å². The monoisotopic (exact) mass is 264 g/mol. The van der Waals surface area contributed by atoms with Crippen LogP contribution in [0.3, 0.4) is 0 Å². The van der Waals surface area contributed by atoms with Gasteiger partial charge in [0.2, 0.25) is 0 Å². The average Bonchev–Trinajstić information content (AvgIpc) is 2.99. The predicted molar refractivity (Wildman–Crippen MR) is 64.9 cm³/mol. The summed E-state index contributed by atoms with van der Waals surface area (Å²) >= 11 is 0. The Balaban J connectivity index is 2.65. The van der Waals surface area contributed by atoms with Crippen molar-refractivity contribution < 1.29 is 13.6 Å². The highest BCUT2D eigenvalue weighted by Gasteiger charge is 2.37. The van der Waals surface area contributed by atoms with Crippen LogP contribution in [-0.2, 0) is 10.2 Å². The van der Waals surface area contributed by atoms with Gasteiger partial charge in [-0.2, -0.15) is 17.4 Å². The van der Waals surface area contributed by atoms with E-state index in [-0.39, 0.29) is 30.9 Å². The number of oxime groups is 1. The summed E-state index contributed by atoms with van der Waals surface area (Å²) in [4.78, 5) is 0. The molecule has 0 amide bonds. The van der Waals surface area contributed by atoms with Crippen LogP contribution in [0.2, 0.25) is 0 Å². The fourth-order valence-corrected chi connectivity index (χ4v) is 3.17. The summed E-state index contributed by atoms with van der Waals surface area (Å²) in [6, 6.07) is -0.0946. The molecule has 0 atom stereocenters. The summed E-state index contributed by atoms with van der Waals surface area (Å²) in [6.07, 6.45) is 1.97. The summed E-state index contributed by atoms with van der Waals surface area (Å²) in [5, 5.41) is 11.3. The lowest BCUT2D eigenvalue weighted by Gasteiger charge is -2.23. The average molecular weight is 264 g/mol. The number of nitrogens with one attached hydrogen (secondary N) is 1. The van der Waals surface area contributed by atoms with Gasteiger partial charge in [-0.1, -0.05) is 5.16 Å². The van der Waals surface area contributed by atoms with Crippen molar-refractivity contribution in [1.29, 1.82) is 0 Å². The molecule has 8 heteroatoms. The minimum atomic E-state index is -3.47. The Morgan fingerprint density at radius 1 is 1.59 bits per heavy atom. The summed E-state index contributed by atoms with van der Waals surface area (Å²) < 4.78 is 27.9. The standard InChI is InChI=1S/C9H20N4O3S/c1-7(2)12-17(15,16)13(8-3-4-8)6-5-9(10)11-14/h7-8,12,14H,3-6H2,1-2H3,(H2,10,11). The third kappa shape index (κ3) is 4.49. The molecule has 1 aliphatic carbocycles. The predicted octanol–water partition coefficient (Wildman–Crippen LogP) is -0.170. The maximum atomic E-state index is 12.0. The van der Waals surface area contributed by atoms with E-state index in [0.29, 0.717) is 0 Å². The number of hydrogen-bond donors (Lipinski definition) is 3. The van der Waals surface area contributed by atoms with Gasteiger partial charge in [-0.3, -0.25) is 0 Å². The molecule has 0 heterocycles. The largest absolute Gasteiger partial charge is 0.409 e. The lowest BCUT2D eigenvalue weighted by molar-refractivity contribution is 0.315. The van der Waals surface area contributed by atoms with Crippen molar-refractivity contribution in [3.63, 3.8) is 0 Å². The van der Waals surface area contributed by atoms with Crippen LogP contribution >= 0.6 is 0 Å². The van der Waals surface area contributed by atoms with Crippen molar-refractivity contribution in [3.05, 3.63) is 0 Å². The molecule has 4 N–H and O–H groups in total. The fourth-order valence-electron chi connectivity index (χ4n) is 1.50. The Hall–Kier alpha value is -0.860. The summed E-state index contributed by atoms with van der Waals surface area (Å²) in [6.45, 7) is 3.78. The van der Waals surface area contributed by atoms with Gasteiger partial charge in [0, 0.05) is 25.0 Å². The van der Waals surface area contributed by atoms with Crippen molar-refractivity contribution >= 4 is 16.0 Å². The third-order valence-corrected chi connectivity index (χ3v) is 4.23.